The molecule has 6 heteroatoms. The molecule has 0 radical (unpaired) electrons. The van der Waals surface area contributed by atoms with Gasteiger partial charge in [0, 0.05) is 32.9 Å². The van der Waals surface area contributed by atoms with E-state index in [0.29, 0.717) is 37.2 Å². The molecule has 0 bridgehead atoms. The zero-order chi connectivity index (χ0) is 15.2. The Morgan fingerprint density at radius 2 is 1.76 bits per heavy atom. The lowest BCUT2D eigenvalue weighted by atomic mass is 10.1. The third kappa shape index (κ3) is 4.05. The summed E-state index contributed by atoms with van der Waals surface area (Å²) in [4.78, 5) is 29.7. The van der Waals surface area contributed by atoms with Gasteiger partial charge in [0.1, 0.15) is 5.75 Å². The average Bonchev–Trinajstić information content (AvgIpc) is 2.53. The second-order valence-corrected chi connectivity index (χ2v) is 4.77. The Morgan fingerprint density at radius 3 is 2.29 bits per heavy atom. The fraction of sp³-hybridized carbons (Fsp3) is 0.400. The molecule has 112 valence electrons. The van der Waals surface area contributed by atoms with Crippen LogP contribution < -0.4 is 4.74 Å². The van der Waals surface area contributed by atoms with Crippen LogP contribution in [0.5, 0.6) is 5.75 Å². The van der Waals surface area contributed by atoms with E-state index >= 15 is 0 Å². The van der Waals surface area contributed by atoms with E-state index in [1.54, 1.807) is 43.2 Å². The number of benzene rings is 1. The number of hydrogen-bond donors (Lipinski definition) is 0. The zero-order valence-corrected chi connectivity index (χ0v) is 12.2. The van der Waals surface area contributed by atoms with E-state index in [-0.39, 0.29) is 5.91 Å². The lowest BCUT2D eigenvalue weighted by Gasteiger charge is -2.25. The van der Waals surface area contributed by atoms with Gasteiger partial charge in [-0.25, -0.2) is 4.79 Å². The van der Waals surface area contributed by atoms with Crippen LogP contribution in [-0.2, 0) is 9.63 Å². The predicted molar refractivity (Wildman–Crippen MR) is 77.3 cm³/mol. The number of hydrogen-bond acceptors (Lipinski definition) is 5. The molecule has 1 aromatic rings. The van der Waals surface area contributed by atoms with Crippen LogP contribution in [0.4, 0.5) is 0 Å². The molecule has 6 nitrogen and oxygen atoms in total. The van der Waals surface area contributed by atoms with Crippen LogP contribution in [0.2, 0.25) is 0 Å². The molecule has 1 aliphatic heterocycles. The molecule has 1 aliphatic rings. The number of carbonyl (C=O) groups is 2. The summed E-state index contributed by atoms with van der Waals surface area (Å²) in [5, 5.41) is 3.89. The molecule has 1 aromatic carbocycles. The van der Waals surface area contributed by atoms with Crippen molar-refractivity contribution in [3.63, 3.8) is 0 Å². The predicted octanol–water partition coefficient (Wildman–Crippen LogP) is 1.85. The van der Waals surface area contributed by atoms with Gasteiger partial charge in [-0.2, -0.15) is 0 Å². The minimum atomic E-state index is -0.501. The second-order valence-electron chi connectivity index (χ2n) is 4.77. The quantitative estimate of drug-likeness (QED) is 0.629. The fourth-order valence-electron chi connectivity index (χ4n) is 2.06. The molecule has 0 saturated carbocycles. The van der Waals surface area contributed by atoms with Crippen molar-refractivity contribution >= 4 is 17.6 Å². The molecule has 0 aliphatic carbocycles. The summed E-state index contributed by atoms with van der Waals surface area (Å²) in [6.07, 6.45) is 1.27. The van der Waals surface area contributed by atoms with Crippen LogP contribution >= 0.6 is 0 Å². The highest BCUT2D eigenvalue weighted by Crippen LogP contribution is 2.13. The summed E-state index contributed by atoms with van der Waals surface area (Å²) < 4.78 is 5.02. The Labute approximate surface area is 123 Å². The Kier molecular flexibility index (Phi) is 4.92. The van der Waals surface area contributed by atoms with Crippen molar-refractivity contribution in [3.05, 3.63) is 29.8 Å². The minimum absolute atomic E-state index is 0.0595. The van der Waals surface area contributed by atoms with Crippen LogP contribution in [0, 0.1) is 0 Å². The van der Waals surface area contributed by atoms with E-state index in [0.717, 1.165) is 5.71 Å². The van der Waals surface area contributed by atoms with Crippen LogP contribution in [0.3, 0.4) is 0 Å². The molecule has 0 spiro atoms. The summed E-state index contributed by atoms with van der Waals surface area (Å²) in [5.74, 6) is 0.234. The number of likely N-dealkylation sites (tertiary alicyclic amines) is 1. The maximum Gasteiger partial charge on any atom is 0.365 e. The van der Waals surface area contributed by atoms with Crippen molar-refractivity contribution in [3.8, 4) is 5.75 Å². The molecule has 1 fully saturated rings. The monoisotopic (exact) mass is 290 g/mol. The van der Waals surface area contributed by atoms with Crippen LogP contribution in [-0.4, -0.2) is 42.7 Å². The second kappa shape index (κ2) is 6.88. The fourth-order valence-corrected chi connectivity index (χ4v) is 2.06. The molecule has 0 N–H and O–H groups in total. The van der Waals surface area contributed by atoms with Gasteiger partial charge < -0.3 is 14.5 Å². The number of carbonyl (C=O) groups excluding carboxylic acids is 2. The van der Waals surface area contributed by atoms with Gasteiger partial charge in [0.05, 0.1) is 18.4 Å². The highest BCUT2D eigenvalue weighted by Gasteiger charge is 2.17. The van der Waals surface area contributed by atoms with Gasteiger partial charge in [0.25, 0.3) is 0 Å². The summed E-state index contributed by atoms with van der Waals surface area (Å²) >= 11 is 0. The first-order valence-corrected chi connectivity index (χ1v) is 6.77. The molecule has 1 saturated heterocycles. The third-order valence-corrected chi connectivity index (χ3v) is 3.37. The number of rotatable bonds is 3. The van der Waals surface area contributed by atoms with E-state index < -0.39 is 5.97 Å². The summed E-state index contributed by atoms with van der Waals surface area (Å²) in [7, 11) is 1.56. The Hall–Kier alpha value is -2.37. The molecule has 0 aromatic heterocycles. The van der Waals surface area contributed by atoms with E-state index in [1.807, 2.05) is 0 Å². The van der Waals surface area contributed by atoms with Crippen molar-refractivity contribution in [2.24, 2.45) is 5.16 Å². The van der Waals surface area contributed by atoms with E-state index in [1.165, 1.54) is 0 Å². The van der Waals surface area contributed by atoms with Gasteiger partial charge in [-0.1, -0.05) is 5.16 Å². The largest absolute Gasteiger partial charge is 0.497 e. The first kappa shape index (κ1) is 15.0. The first-order valence-electron chi connectivity index (χ1n) is 6.77. The molecule has 21 heavy (non-hydrogen) atoms. The lowest BCUT2D eigenvalue weighted by molar-refractivity contribution is -0.128. The van der Waals surface area contributed by atoms with E-state index in [9.17, 15) is 9.59 Å². The topological polar surface area (TPSA) is 68.2 Å². The van der Waals surface area contributed by atoms with E-state index in [4.69, 9.17) is 9.57 Å². The number of methoxy groups -OCH3 is 1. The highest BCUT2D eigenvalue weighted by atomic mass is 16.7. The molecule has 0 unspecified atom stereocenters. The normalized spacial score (nSPS) is 14.6. The van der Waals surface area contributed by atoms with Gasteiger partial charge in [-0.15, -0.1) is 0 Å². The van der Waals surface area contributed by atoms with Crippen molar-refractivity contribution in [2.75, 3.05) is 20.2 Å². The summed E-state index contributed by atoms with van der Waals surface area (Å²) in [5.41, 5.74) is 1.22. The number of piperidine rings is 1. The van der Waals surface area contributed by atoms with Gasteiger partial charge in [-0.3, -0.25) is 4.79 Å². The Balaban J connectivity index is 1.88. The number of nitrogens with zero attached hydrogens (tertiary/aromatic N) is 2. The summed E-state index contributed by atoms with van der Waals surface area (Å²) in [6, 6.07) is 6.63. The zero-order valence-electron chi connectivity index (χ0n) is 12.2. The maximum atomic E-state index is 11.8. The van der Waals surface area contributed by atoms with Crippen molar-refractivity contribution < 1.29 is 19.2 Å². The van der Waals surface area contributed by atoms with E-state index in [2.05, 4.69) is 5.16 Å². The molecule has 1 amide bonds. The Bertz CT molecular complexity index is 541. The molecular weight excluding hydrogens is 272 g/mol. The van der Waals surface area contributed by atoms with Gasteiger partial charge in [-0.05, 0) is 24.3 Å². The van der Waals surface area contributed by atoms with Crippen molar-refractivity contribution in [2.45, 2.75) is 19.8 Å². The third-order valence-electron chi connectivity index (χ3n) is 3.37. The van der Waals surface area contributed by atoms with Crippen molar-refractivity contribution in [1.82, 2.24) is 4.90 Å². The molecule has 2 rings (SSSR count). The number of amides is 1. The van der Waals surface area contributed by atoms with Crippen molar-refractivity contribution in [1.29, 1.82) is 0 Å². The van der Waals surface area contributed by atoms with Gasteiger partial charge >= 0.3 is 5.97 Å². The molecule has 1 heterocycles. The summed E-state index contributed by atoms with van der Waals surface area (Å²) in [6.45, 7) is 2.79. The first-order chi connectivity index (χ1) is 10.1. The van der Waals surface area contributed by atoms with Crippen LogP contribution in [0.15, 0.2) is 29.4 Å². The Morgan fingerprint density at radius 1 is 1.14 bits per heavy atom. The van der Waals surface area contributed by atoms with Gasteiger partial charge in [0.15, 0.2) is 0 Å². The van der Waals surface area contributed by atoms with Gasteiger partial charge in [0.2, 0.25) is 5.91 Å². The number of ether oxygens (including phenoxy) is 1. The minimum Gasteiger partial charge on any atom is -0.497 e. The number of oxime groups is 1. The smallest absolute Gasteiger partial charge is 0.365 e. The van der Waals surface area contributed by atoms with Crippen LogP contribution in [0.25, 0.3) is 0 Å². The molecule has 0 atom stereocenters. The lowest BCUT2D eigenvalue weighted by Crippen LogP contribution is -2.37. The standard InChI is InChI=1S/C15H18N2O4/c1-11(18)17-9-7-13(8-10-17)16-21-15(19)12-3-5-14(20-2)6-4-12/h3-6H,7-10H2,1-2H3. The molecular formula is C15H18N2O4. The highest BCUT2D eigenvalue weighted by molar-refractivity contribution is 5.91. The average molecular weight is 290 g/mol. The van der Waals surface area contributed by atoms with Crippen LogP contribution in [0.1, 0.15) is 30.1 Å². The maximum absolute atomic E-state index is 11.8. The SMILES string of the molecule is COc1ccc(C(=O)ON=C2CCN(C(C)=O)CC2)cc1.